The average molecular weight is 291 g/mol. The summed E-state index contributed by atoms with van der Waals surface area (Å²) in [6.07, 6.45) is 13.1. The van der Waals surface area contributed by atoms with Crippen LogP contribution in [0.25, 0.3) is 0 Å². The second-order valence-electron chi connectivity index (χ2n) is 6.77. The Hall–Kier alpha value is -1.39. The topological polar surface area (TPSA) is 68.0 Å². The normalized spacial score (nSPS) is 23.0. The van der Waals surface area contributed by atoms with E-state index in [0.29, 0.717) is 12.5 Å². The summed E-state index contributed by atoms with van der Waals surface area (Å²) in [5.74, 6) is 0.233. The smallest absolute Gasteiger partial charge is 0.310 e. The first-order valence-electron chi connectivity index (χ1n) is 8.33. The lowest BCUT2D eigenvalue weighted by Crippen LogP contribution is -2.34. The molecule has 0 aliphatic heterocycles. The number of aliphatic carboxylic acids is 1. The quantitative estimate of drug-likeness (QED) is 0.864. The maximum Gasteiger partial charge on any atom is 0.310 e. The van der Waals surface area contributed by atoms with Crippen LogP contribution in [0, 0.1) is 5.41 Å². The highest BCUT2D eigenvalue weighted by molar-refractivity contribution is 5.75. The zero-order valence-corrected chi connectivity index (χ0v) is 12.6. The van der Waals surface area contributed by atoms with Crippen molar-refractivity contribution < 1.29 is 9.90 Å². The van der Waals surface area contributed by atoms with Gasteiger partial charge in [0.2, 0.25) is 0 Å². The lowest BCUT2D eigenvalue weighted by molar-refractivity contribution is -0.150. The Morgan fingerprint density at radius 1 is 1.19 bits per heavy atom. The molecular weight excluding hydrogens is 266 g/mol. The van der Waals surface area contributed by atoms with E-state index in [0.717, 1.165) is 44.3 Å². The zero-order chi connectivity index (χ0) is 14.7. The van der Waals surface area contributed by atoms with Gasteiger partial charge in [-0.1, -0.05) is 38.5 Å². The number of carboxylic acid groups (broad SMARTS) is 1. The van der Waals surface area contributed by atoms with Crippen molar-refractivity contribution in [2.45, 2.75) is 76.7 Å². The molecule has 0 spiro atoms. The third-order valence-corrected chi connectivity index (χ3v) is 5.38. The van der Waals surface area contributed by atoms with Crippen molar-refractivity contribution >= 4 is 5.97 Å². The Kier molecular flexibility index (Phi) is 4.27. The minimum atomic E-state index is -0.648. The van der Waals surface area contributed by atoms with Gasteiger partial charge in [0.05, 0.1) is 5.41 Å². The van der Waals surface area contributed by atoms with E-state index in [1.165, 1.54) is 25.7 Å². The van der Waals surface area contributed by atoms with Crippen LogP contribution in [0.3, 0.4) is 0 Å². The van der Waals surface area contributed by atoms with Gasteiger partial charge in [0.15, 0.2) is 0 Å². The summed E-state index contributed by atoms with van der Waals surface area (Å²) >= 11 is 0. The van der Waals surface area contributed by atoms with Gasteiger partial charge in [-0.05, 0) is 25.7 Å². The van der Waals surface area contributed by atoms with E-state index in [1.807, 2.05) is 0 Å². The molecule has 0 atom stereocenters. The Balaban J connectivity index is 1.82. The maximum absolute atomic E-state index is 11.9. The Bertz CT molecular complexity index is 483. The predicted octanol–water partition coefficient (Wildman–Crippen LogP) is 3.36. The van der Waals surface area contributed by atoms with E-state index in [4.69, 9.17) is 0 Å². The molecule has 5 heteroatoms. The second kappa shape index (κ2) is 6.16. The van der Waals surface area contributed by atoms with Crippen molar-refractivity contribution in [2.75, 3.05) is 0 Å². The molecule has 5 nitrogen and oxygen atoms in total. The molecule has 116 valence electrons. The van der Waals surface area contributed by atoms with E-state index >= 15 is 0 Å². The molecule has 1 N–H and O–H groups in total. The summed E-state index contributed by atoms with van der Waals surface area (Å²) in [6.45, 7) is 0. The first kappa shape index (κ1) is 14.5. The molecule has 0 radical (unpaired) electrons. The SMILES string of the molecule is O=C(O)C1(Cc2nncn2C2CCCC2)CCCCCC1. The van der Waals surface area contributed by atoms with Gasteiger partial charge in [-0.15, -0.1) is 10.2 Å². The molecule has 0 saturated heterocycles. The molecule has 2 aliphatic carbocycles. The first-order valence-corrected chi connectivity index (χ1v) is 8.33. The van der Waals surface area contributed by atoms with Gasteiger partial charge >= 0.3 is 5.97 Å². The number of hydrogen-bond donors (Lipinski definition) is 1. The zero-order valence-electron chi connectivity index (χ0n) is 12.6. The number of nitrogens with zero attached hydrogens (tertiary/aromatic N) is 3. The van der Waals surface area contributed by atoms with Gasteiger partial charge in [-0.3, -0.25) is 4.79 Å². The highest BCUT2D eigenvalue weighted by Gasteiger charge is 2.40. The first-order chi connectivity index (χ1) is 10.2. The fraction of sp³-hybridized carbons (Fsp3) is 0.812. The summed E-state index contributed by atoms with van der Waals surface area (Å²) in [6, 6.07) is 0.478. The van der Waals surface area contributed by atoms with Crippen LogP contribution in [-0.2, 0) is 11.2 Å². The molecule has 0 amide bonds. The van der Waals surface area contributed by atoms with E-state index in [1.54, 1.807) is 6.33 Å². The van der Waals surface area contributed by atoms with Crippen molar-refractivity contribution in [3.05, 3.63) is 12.2 Å². The molecule has 1 aromatic heterocycles. The predicted molar refractivity (Wildman–Crippen MR) is 79.0 cm³/mol. The third-order valence-electron chi connectivity index (χ3n) is 5.38. The van der Waals surface area contributed by atoms with Crippen molar-refractivity contribution in [2.24, 2.45) is 5.41 Å². The summed E-state index contributed by atoms with van der Waals surface area (Å²) in [5.41, 5.74) is -0.625. The minimum Gasteiger partial charge on any atom is -0.481 e. The molecule has 3 rings (SSSR count). The molecule has 0 unspecified atom stereocenters. The van der Waals surface area contributed by atoms with Crippen LogP contribution >= 0.6 is 0 Å². The molecule has 1 aromatic rings. The number of rotatable bonds is 4. The van der Waals surface area contributed by atoms with Gasteiger partial charge in [-0.25, -0.2) is 0 Å². The van der Waals surface area contributed by atoms with Crippen LogP contribution < -0.4 is 0 Å². The summed E-state index contributed by atoms with van der Waals surface area (Å²) < 4.78 is 2.16. The monoisotopic (exact) mass is 291 g/mol. The van der Waals surface area contributed by atoms with Crippen LogP contribution in [0.2, 0.25) is 0 Å². The molecule has 2 saturated carbocycles. The van der Waals surface area contributed by atoms with Crippen LogP contribution in [0.4, 0.5) is 0 Å². The Morgan fingerprint density at radius 2 is 1.86 bits per heavy atom. The number of carboxylic acids is 1. The van der Waals surface area contributed by atoms with Gasteiger partial charge in [0, 0.05) is 12.5 Å². The van der Waals surface area contributed by atoms with Gasteiger partial charge in [-0.2, -0.15) is 0 Å². The van der Waals surface area contributed by atoms with Crippen molar-refractivity contribution in [3.8, 4) is 0 Å². The molecule has 0 aromatic carbocycles. The lowest BCUT2D eigenvalue weighted by Gasteiger charge is -2.28. The van der Waals surface area contributed by atoms with Gasteiger partial charge < -0.3 is 9.67 Å². The highest BCUT2D eigenvalue weighted by Crippen LogP contribution is 2.39. The fourth-order valence-corrected chi connectivity index (χ4v) is 4.05. The van der Waals surface area contributed by atoms with E-state index in [9.17, 15) is 9.90 Å². The molecular formula is C16H25N3O2. The van der Waals surface area contributed by atoms with Crippen LogP contribution in [-0.4, -0.2) is 25.8 Å². The second-order valence-corrected chi connectivity index (χ2v) is 6.77. The molecule has 2 fully saturated rings. The molecule has 1 heterocycles. The van der Waals surface area contributed by atoms with Gasteiger partial charge in [0.25, 0.3) is 0 Å². The van der Waals surface area contributed by atoms with E-state index in [-0.39, 0.29) is 0 Å². The average Bonchev–Trinajstić information content (AvgIpc) is 3.07. The minimum absolute atomic E-state index is 0.478. The Morgan fingerprint density at radius 3 is 2.48 bits per heavy atom. The summed E-state index contributed by atoms with van der Waals surface area (Å²) in [4.78, 5) is 11.9. The van der Waals surface area contributed by atoms with E-state index < -0.39 is 11.4 Å². The lowest BCUT2D eigenvalue weighted by atomic mass is 9.77. The molecule has 21 heavy (non-hydrogen) atoms. The molecule has 2 aliphatic rings. The number of aromatic nitrogens is 3. The van der Waals surface area contributed by atoms with Crippen LogP contribution in [0.1, 0.15) is 76.1 Å². The van der Waals surface area contributed by atoms with Crippen molar-refractivity contribution in [3.63, 3.8) is 0 Å². The Labute approximate surface area is 125 Å². The van der Waals surface area contributed by atoms with Crippen molar-refractivity contribution in [1.82, 2.24) is 14.8 Å². The summed E-state index contributed by atoms with van der Waals surface area (Å²) in [5, 5.41) is 18.1. The molecule has 0 bridgehead atoms. The standard InChI is InChI=1S/C16H25N3O2/c20-15(21)16(9-5-1-2-6-10-16)11-14-18-17-12-19(14)13-7-3-4-8-13/h12-13H,1-11H2,(H,20,21). The van der Waals surface area contributed by atoms with Gasteiger partial charge in [0.1, 0.15) is 12.2 Å². The summed E-state index contributed by atoms with van der Waals surface area (Å²) in [7, 11) is 0. The number of hydrogen-bond acceptors (Lipinski definition) is 3. The van der Waals surface area contributed by atoms with Crippen LogP contribution in [0.5, 0.6) is 0 Å². The largest absolute Gasteiger partial charge is 0.481 e. The maximum atomic E-state index is 11.9. The number of carbonyl (C=O) groups is 1. The fourth-order valence-electron chi connectivity index (χ4n) is 4.05. The van der Waals surface area contributed by atoms with Crippen molar-refractivity contribution in [1.29, 1.82) is 0 Å². The van der Waals surface area contributed by atoms with E-state index in [2.05, 4.69) is 14.8 Å². The highest BCUT2D eigenvalue weighted by atomic mass is 16.4. The van der Waals surface area contributed by atoms with Crippen LogP contribution in [0.15, 0.2) is 6.33 Å². The third kappa shape index (κ3) is 2.97.